The minimum absolute atomic E-state index is 0.0341. The van der Waals surface area contributed by atoms with Gasteiger partial charge in [-0.1, -0.05) is 13.8 Å². The zero-order valence-electron chi connectivity index (χ0n) is 16.4. The van der Waals surface area contributed by atoms with Crippen molar-refractivity contribution in [1.82, 2.24) is 29.2 Å². The largest absolute Gasteiger partial charge is 0.467 e. The van der Waals surface area contributed by atoms with Crippen LogP contribution >= 0.6 is 0 Å². The smallest absolute Gasteiger partial charge is 0.321 e. The first kappa shape index (κ1) is 20.4. The Morgan fingerprint density at radius 3 is 2.54 bits per heavy atom. The van der Waals surface area contributed by atoms with E-state index in [1.54, 1.807) is 11.6 Å². The minimum Gasteiger partial charge on any atom is -0.467 e. The van der Waals surface area contributed by atoms with Crippen molar-refractivity contribution in [2.75, 3.05) is 38.3 Å². The van der Waals surface area contributed by atoms with Gasteiger partial charge in [0.2, 0.25) is 5.95 Å². The molecule has 0 atom stereocenters. The summed E-state index contributed by atoms with van der Waals surface area (Å²) >= 11 is 0. The van der Waals surface area contributed by atoms with E-state index in [1.165, 1.54) is 13.3 Å². The fourth-order valence-electron chi connectivity index (χ4n) is 2.81. The van der Waals surface area contributed by atoms with Gasteiger partial charge in [-0.05, 0) is 0 Å². The lowest BCUT2D eigenvalue weighted by Crippen LogP contribution is -2.37. The molecule has 1 aliphatic rings. The van der Waals surface area contributed by atoms with Crippen molar-refractivity contribution < 1.29 is 17.9 Å². The van der Waals surface area contributed by atoms with Crippen LogP contribution in [0.3, 0.4) is 0 Å². The van der Waals surface area contributed by atoms with Gasteiger partial charge in [-0.3, -0.25) is 0 Å². The molecule has 2 aromatic rings. The highest BCUT2D eigenvalue weighted by molar-refractivity contribution is 7.89. The molecule has 28 heavy (non-hydrogen) atoms. The molecule has 1 aliphatic heterocycles. The maximum absolute atomic E-state index is 12.6. The number of rotatable bonds is 7. The van der Waals surface area contributed by atoms with Gasteiger partial charge < -0.3 is 18.9 Å². The average Bonchev–Trinajstić information content (AvgIpc) is 3.10. The van der Waals surface area contributed by atoms with E-state index in [4.69, 9.17) is 9.47 Å². The lowest BCUT2D eigenvalue weighted by atomic mass is 10.2. The quantitative estimate of drug-likeness (QED) is 0.673. The first-order chi connectivity index (χ1) is 13.3. The van der Waals surface area contributed by atoms with Crippen LogP contribution in [0.1, 0.15) is 31.4 Å². The Labute approximate surface area is 164 Å². The number of sulfonamides is 1. The standard InChI is InChI=1S/C16H25N7O4S/c1-11(2)14-20-13(10-22(14)3)28(24,25)17-9-12-18-15(21-16(19-12)26-4)23-5-7-27-8-6-23/h10-11,17H,5-9H2,1-4H3. The Balaban J connectivity index is 1.78. The summed E-state index contributed by atoms with van der Waals surface area (Å²) in [4.78, 5) is 18.9. The number of morpholine rings is 1. The summed E-state index contributed by atoms with van der Waals surface area (Å²) in [7, 11) is -0.585. The zero-order chi connectivity index (χ0) is 20.3. The molecule has 3 rings (SSSR count). The molecule has 0 aromatic carbocycles. The van der Waals surface area contributed by atoms with E-state index in [-0.39, 0.29) is 29.3 Å². The van der Waals surface area contributed by atoms with Gasteiger partial charge in [0.15, 0.2) is 10.9 Å². The molecular formula is C16H25N7O4S. The summed E-state index contributed by atoms with van der Waals surface area (Å²) in [5.41, 5.74) is 0. The van der Waals surface area contributed by atoms with Crippen molar-refractivity contribution in [3.8, 4) is 6.01 Å². The topological polar surface area (TPSA) is 124 Å². The molecular weight excluding hydrogens is 386 g/mol. The molecule has 1 fully saturated rings. The molecule has 154 valence electrons. The predicted molar refractivity (Wildman–Crippen MR) is 101 cm³/mol. The van der Waals surface area contributed by atoms with Gasteiger partial charge in [-0.2, -0.15) is 15.0 Å². The zero-order valence-corrected chi connectivity index (χ0v) is 17.2. The number of ether oxygens (including phenoxy) is 2. The van der Waals surface area contributed by atoms with Gasteiger partial charge in [0.1, 0.15) is 5.82 Å². The number of nitrogens with zero attached hydrogens (tertiary/aromatic N) is 6. The van der Waals surface area contributed by atoms with Crippen molar-refractivity contribution in [1.29, 1.82) is 0 Å². The van der Waals surface area contributed by atoms with Gasteiger partial charge in [-0.15, -0.1) is 0 Å². The summed E-state index contributed by atoms with van der Waals surface area (Å²) in [6, 6.07) is 0.130. The Morgan fingerprint density at radius 2 is 1.93 bits per heavy atom. The van der Waals surface area contributed by atoms with Crippen molar-refractivity contribution >= 4 is 16.0 Å². The number of hydrogen-bond donors (Lipinski definition) is 1. The number of hydrogen-bond acceptors (Lipinski definition) is 9. The van der Waals surface area contributed by atoms with Crippen LogP contribution in [-0.2, 0) is 28.4 Å². The van der Waals surface area contributed by atoms with Crippen LogP contribution in [0.4, 0.5) is 5.95 Å². The molecule has 0 amide bonds. The van der Waals surface area contributed by atoms with E-state index >= 15 is 0 Å². The SMILES string of the molecule is COc1nc(CNS(=O)(=O)c2cn(C)c(C(C)C)n2)nc(N2CCOCC2)n1. The van der Waals surface area contributed by atoms with Crippen molar-refractivity contribution in [3.63, 3.8) is 0 Å². The minimum atomic E-state index is -3.81. The summed E-state index contributed by atoms with van der Waals surface area (Å²) in [5.74, 6) is 1.50. The van der Waals surface area contributed by atoms with Crippen LogP contribution in [-0.4, -0.2) is 66.3 Å². The molecule has 3 heterocycles. The van der Waals surface area contributed by atoms with Crippen LogP contribution in [0.5, 0.6) is 6.01 Å². The highest BCUT2D eigenvalue weighted by Gasteiger charge is 2.22. The number of aryl methyl sites for hydroxylation is 1. The second-order valence-corrected chi connectivity index (χ2v) is 8.38. The van der Waals surface area contributed by atoms with Crippen LogP contribution in [0.2, 0.25) is 0 Å². The third kappa shape index (κ3) is 4.56. The molecule has 0 bridgehead atoms. The van der Waals surface area contributed by atoms with Crippen molar-refractivity contribution in [2.45, 2.75) is 31.3 Å². The van der Waals surface area contributed by atoms with Gasteiger partial charge in [0.05, 0.1) is 26.9 Å². The van der Waals surface area contributed by atoms with Crippen LogP contribution in [0, 0.1) is 0 Å². The Hall–Kier alpha value is -2.31. The monoisotopic (exact) mass is 411 g/mol. The summed E-state index contributed by atoms with van der Waals surface area (Å²) in [6.07, 6.45) is 1.49. The van der Waals surface area contributed by atoms with Gasteiger partial charge >= 0.3 is 6.01 Å². The van der Waals surface area contributed by atoms with E-state index < -0.39 is 10.0 Å². The molecule has 0 spiro atoms. The molecule has 0 saturated carbocycles. The first-order valence-electron chi connectivity index (χ1n) is 8.94. The fraction of sp³-hybridized carbons (Fsp3) is 0.625. The highest BCUT2D eigenvalue weighted by Crippen LogP contribution is 2.17. The summed E-state index contributed by atoms with van der Waals surface area (Å²) in [6.45, 7) is 6.25. The number of methoxy groups -OCH3 is 1. The molecule has 12 heteroatoms. The maximum Gasteiger partial charge on any atom is 0.321 e. The van der Waals surface area contributed by atoms with Gasteiger partial charge in [0.25, 0.3) is 10.0 Å². The first-order valence-corrected chi connectivity index (χ1v) is 10.4. The Kier molecular flexibility index (Phi) is 6.10. The maximum atomic E-state index is 12.6. The molecule has 1 N–H and O–H groups in total. The van der Waals surface area contributed by atoms with Crippen LogP contribution in [0.15, 0.2) is 11.2 Å². The summed E-state index contributed by atoms with van der Waals surface area (Å²) in [5, 5.41) is -0.0341. The lowest BCUT2D eigenvalue weighted by Gasteiger charge is -2.26. The van der Waals surface area contributed by atoms with E-state index in [2.05, 4.69) is 24.7 Å². The normalized spacial score (nSPS) is 15.2. The Morgan fingerprint density at radius 1 is 1.21 bits per heavy atom. The van der Waals surface area contributed by atoms with Crippen molar-refractivity contribution in [3.05, 3.63) is 17.8 Å². The molecule has 0 unspecified atom stereocenters. The molecule has 2 aromatic heterocycles. The molecule has 11 nitrogen and oxygen atoms in total. The fourth-order valence-corrected chi connectivity index (χ4v) is 3.79. The lowest BCUT2D eigenvalue weighted by molar-refractivity contribution is 0.122. The summed E-state index contributed by atoms with van der Waals surface area (Å²) < 4.78 is 39.9. The second-order valence-electron chi connectivity index (χ2n) is 6.67. The number of nitrogens with one attached hydrogen (secondary N) is 1. The van der Waals surface area contributed by atoms with Gasteiger partial charge in [-0.25, -0.2) is 18.1 Å². The van der Waals surface area contributed by atoms with Crippen LogP contribution in [0.25, 0.3) is 0 Å². The third-order valence-corrected chi connectivity index (χ3v) is 5.50. The van der Waals surface area contributed by atoms with E-state index in [0.29, 0.717) is 38.1 Å². The number of imidazole rings is 1. The third-order valence-electron chi connectivity index (χ3n) is 4.23. The number of aromatic nitrogens is 5. The van der Waals surface area contributed by atoms with Crippen molar-refractivity contribution in [2.24, 2.45) is 7.05 Å². The van der Waals surface area contributed by atoms with E-state index in [1.807, 2.05) is 18.7 Å². The molecule has 1 saturated heterocycles. The predicted octanol–water partition coefficient (Wildman–Crippen LogP) is 0.0522. The van der Waals surface area contributed by atoms with Crippen LogP contribution < -0.4 is 14.4 Å². The molecule has 0 aliphatic carbocycles. The van der Waals surface area contributed by atoms with Gasteiger partial charge in [0, 0.05) is 32.3 Å². The average molecular weight is 411 g/mol. The molecule has 0 radical (unpaired) electrons. The number of anilines is 1. The Bertz CT molecular complexity index is 923. The highest BCUT2D eigenvalue weighted by atomic mass is 32.2. The van der Waals surface area contributed by atoms with E-state index in [9.17, 15) is 8.42 Å². The second kappa shape index (κ2) is 8.37. The van der Waals surface area contributed by atoms with E-state index in [0.717, 1.165) is 0 Å².